The van der Waals surface area contributed by atoms with Gasteiger partial charge in [0, 0.05) is 6.54 Å². The first-order valence-corrected chi connectivity index (χ1v) is 6.39. The van der Waals surface area contributed by atoms with Gasteiger partial charge in [-0.05, 0) is 31.2 Å². The van der Waals surface area contributed by atoms with Gasteiger partial charge >= 0.3 is 0 Å². The van der Waals surface area contributed by atoms with E-state index >= 15 is 0 Å². The number of benzene rings is 1. The maximum absolute atomic E-state index is 6.03. The van der Waals surface area contributed by atoms with E-state index in [0.717, 1.165) is 18.0 Å². The Bertz CT molecular complexity index is 526. The lowest BCUT2D eigenvalue weighted by Gasteiger charge is -2.24. The molecule has 2 rings (SSSR count). The molecule has 0 unspecified atom stereocenters. The summed E-state index contributed by atoms with van der Waals surface area (Å²) in [5, 5.41) is 0.964. The van der Waals surface area contributed by atoms with Gasteiger partial charge in [0.15, 0.2) is 0 Å². The van der Waals surface area contributed by atoms with Crippen LogP contribution in [0.5, 0.6) is 0 Å². The highest BCUT2D eigenvalue weighted by Gasteiger charge is 2.12. The summed E-state index contributed by atoms with van der Waals surface area (Å²) in [4.78, 5) is 2.08. The van der Waals surface area contributed by atoms with Gasteiger partial charge in [0.25, 0.3) is 0 Å². The molecule has 0 spiro atoms. The molecular weight excluding hydrogens is 271 g/mol. The normalized spacial score (nSPS) is 10.6. The Morgan fingerprint density at radius 3 is 2.61 bits per heavy atom. The number of rotatable bonds is 4. The second-order valence-electron chi connectivity index (χ2n) is 3.92. The van der Waals surface area contributed by atoms with Gasteiger partial charge in [0.1, 0.15) is 5.76 Å². The van der Waals surface area contributed by atoms with Gasteiger partial charge < -0.3 is 15.1 Å². The van der Waals surface area contributed by atoms with E-state index in [1.165, 1.54) is 0 Å². The van der Waals surface area contributed by atoms with Crippen molar-refractivity contribution in [2.24, 2.45) is 0 Å². The molecule has 0 aliphatic rings. The van der Waals surface area contributed by atoms with Gasteiger partial charge in [0.2, 0.25) is 0 Å². The number of hydrogen-bond acceptors (Lipinski definition) is 3. The van der Waals surface area contributed by atoms with Crippen molar-refractivity contribution in [3.8, 4) is 0 Å². The number of nitrogens with zero attached hydrogens (tertiary/aromatic N) is 1. The zero-order valence-electron chi connectivity index (χ0n) is 9.99. The number of halogens is 2. The maximum Gasteiger partial charge on any atom is 0.123 e. The van der Waals surface area contributed by atoms with Crippen LogP contribution in [0.1, 0.15) is 12.7 Å². The zero-order valence-corrected chi connectivity index (χ0v) is 11.5. The molecule has 1 heterocycles. The van der Waals surface area contributed by atoms with Crippen LogP contribution in [0.3, 0.4) is 0 Å². The molecule has 1 aromatic carbocycles. The number of nitrogen functional groups attached to an aromatic ring is 1. The first kappa shape index (κ1) is 13.1. The lowest BCUT2D eigenvalue weighted by molar-refractivity contribution is 0.504. The number of hydrogen-bond donors (Lipinski definition) is 1. The average Bonchev–Trinajstić information content (AvgIpc) is 2.84. The van der Waals surface area contributed by atoms with Crippen molar-refractivity contribution in [3.63, 3.8) is 0 Å². The third-order valence-corrected chi connectivity index (χ3v) is 3.44. The predicted molar refractivity (Wildman–Crippen MR) is 76.3 cm³/mol. The Morgan fingerprint density at radius 2 is 2.00 bits per heavy atom. The molecule has 96 valence electrons. The highest BCUT2D eigenvalue weighted by molar-refractivity contribution is 6.42. The molecule has 3 nitrogen and oxygen atoms in total. The predicted octanol–water partition coefficient (Wildman–Crippen LogP) is 4.20. The zero-order chi connectivity index (χ0) is 13.1. The second kappa shape index (κ2) is 5.55. The van der Waals surface area contributed by atoms with Crippen LogP contribution in [0, 0.1) is 0 Å². The van der Waals surface area contributed by atoms with E-state index in [1.807, 2.05) is 19.1 Å². The minimum Gasteiger partial charge on any atom is -0.467 e. The van der Waals surface area contributed by atoms with Crippen molar-refractivity contribution in [3.05, 3.63) is 46.3 Å². The summed E-state index contributed by atoms with van der Waals surface area (Å²) in [6.07, 6.45) is 1.65. The summed E-state index contributed by atoms with van der Waals surface area (Å²) in [5.74, 6) is 0.877. The Morgan fingerprint density at radius 1 is 1.28 bits per heavy atom. The van der Waals surface area contributed by atoms with E-state index in [2.05, 4.69) is 4.90 Å². The third-order valence-electron chi connectivity index (χ3n) is 2.72. The van der Waals surface area contributed by atoms with Crippen LogP contribution in [0.25, 0.3) is 0 Å². The Kier molecular flexibility index (Phi) is 4.04. The van der Waals surface area contributed by atoms with Gasteiger partial charge in [-0.3, -0.25) is 0 Å². The molecule has 0 bridgehead atoms. The maximum atomic E-state index is 6.03. The Labute approximate surface area is 116 Å². The third kappa shape index (κ3) is 2.74. The summed E-state index contributed by atoms with van der Waals surface area (Å²) >= 11 is 12.0. The molecule has 0 fully saturated rings. The van der Waals surface area contributed by atoms with Gasteiger partial charge in [-0.2, -0.15) is 0 Å². The van der Waals surface area contributed by atoms with Crippen LogP contribution in [0.4, 0.5) is 11.4 Å². The summed E-state index contributed by atoms with van der Waals surface area (Å²) < 4.78 is 5.34. The molecule has 0 radical (unpaired) electrons. The largest absolute Gasteiger partial charge is 0.467 e. The van der Waals surface area contributed by atoms with E-state index in [4.69, 9.17) is 33.4 Å². The number of nitrogens with two attached hydrogens (primary N) is 1. The molecule has 0 atom stereocenters. The first-order chi connectivity index (χ1) is 8.61. The summed E-state index contributed by atoms with van der Waals surface area (Å²) in [7, 11) is 0. The molecule has 2 N–H and O–H groups in total. The van der Waals surface area contributed by atoms with Gasteiger partial charge in [0.05, 0.1) is 34.2 Å². The average molecular weight is 285 g/mol. The van der Waals surface area contributed by atoms with Crippen LogP contribution < -0.4 is 10.6 Å². The molecule has 0 aliphatic carbocycles. The van der Waals surface area contributed by atoms with Crippen molar-refractivity contribution in [2.45, 2.75) is 13.5 Å². The van der Waals surface area contributed by atoms with E-state index in [9.17, 15) is 0 Å². The Balaban J connectivity index is 2.30. The van der Waals surface area contributed by atoms with E-state index < -0.39 is 0 Å². The topological polar surface area (TPSA) is 42.4 Å². The van der Waals surface area contributed by atoms with Gasteiger partial charge in [-0.15, -0.1) is 0 Å². The minimum absolute atomic E-state index is 0.465. The molecule has 5 heteroatoms. The fourth-order valence-corrected chi connectivity index (χ4v) is 2.11. The summed E-state index contributed by atoms with van der Waals surface area (Å²) in [5.41, 5.74) is 7.45. The quantitative estimate of drug-likeness (QED) is 0.856. The van der Waals surface area contributed by atoms with Crippen LogP contribution in [-0.4, -0.2) is 6.54 Å². The summed E-state index contributed by atoms with van der Waals surface area (Å²) in [6, 6.07) is 7.24. The minimum atomic E-state index is 0.465. The molecule has 2 aromatic rings. The highest BCUT2D eigenvalue weighted by atomic mass is 35.5. The van der Waals surface area contributed by atoms with E-state index in [-0.39, 0.29) is 0 Å². The molecule has 18 heavy (non-hydrogen) atoms. The van der Waals surface area contributed by atoms with E-state index in [0.29, 0.717) is 22.3 Å². The molecular formula is C13H14Cl2N2O. The fourth-order valence-electron chi connectivity index (χ4n) is 1.78. The fraction of sp³-hybridized carbons (Fsp3) is 0.231. The lowest BCUT2D eigenvalue weighted by atomic mass is 10.2. The molecule has 1 aromatic heterocycles. The first-order valence-electron chi connectivity index (χ1n) is 5.63. The van der Waals surface area contributed by atoms with Crippen molar-refractivity contribution >= 4 is 34.6 Å². The van der Waals surface area contributed by atoms with Crippen LogP contribution in [0.15, 0.2) is 34.9 Å². The van der Waals surface area contributed by atoms with Gasteiger partial charge in [-0.25, -0.2) is 0 Å². The van der Waals surface area contributed by atoms with Crippen LogP contribution in [0.2, 0.25) is 10.0 Å². The monoisotopic (exact) mass is 284 g/mol. The SMILES string of the molecule is CCN(Cc1ccco1)c1cc(Cl)c(Cl)cc1N. The van der Waals surface area contributed by atoms with Crippen molar-refractivity contribution < 1.29 is 4.42 Å². The Hall–Kier alpha value is -1.32. The van der Waals surface area contributed by atoms with Crippen LogP contribution >= 0.6 is 23.2 Å². The van der Waals surface area contributed by atoms with Crippen molar-refractivity contribution in [1.29, 1.82) is 0 Å². The summed E-state index contributed by atoms with van der Waals surface area (Å²) in [6.45, 7) is 3.49. The lowest BCUT2D eigenvalue weighted by Crippen LogP contribution is -2.22. The molecule has 0 saturated heterocycles. The molecule has 0 saturated carbocycles. The van der Waals surface area contributed by atoms with Crippen LogP contribution in [-0.2, 0) is 6.54 Å². The molecule has 0 aliphatic heterocycles. The van der Waals surface area contributed by atoms with E-state index in [1.54, 1.807) is 18.4 Å². The smallest absolute Gasteiger partial charge is 0.123 e. The number of anilines is 2. The molecule has 0 amide bonds. The second-order valence-corrected chi connectivity index (χ2v) is 4.73. The van der Waals surface area contributed by atoms with Gasteiger partial charge in [-0.1, -0.05) is 23.2 Å². The van der Waals surface area contributed by atoms with Crippen molar-refractivity contribution in [2.75, 3.05) is 17.2 Å². The standard InChI is InChI=1S/C13H14Cl2N2O/c1-2-17(8-9-4-3-5-18-9)13-7-11(15)10(14)6-12(13)16/h3-7H,2,8,16H2,1H3. The van der Waals surface area contributed by atoms with Crippen molar-refractivity contribution in [1.82, 2.24) is 0 Å². The number of furan rings is 1. The highest BCUT2D eigenvalue weighted by Crippen LogP contribution is 2.33.